The van der Waals surface area contributed by atoms with Crippen molar-refractivity contribution >= 4 is 121 Å². The maximum absolute atomic E-state index is 12.3. The molecular formula is C93H118ClF3N14O12S2. The summed E-state index contributed by atoms with van der Waals surface area (Å²) < 4.78 is 77.8. The molecule has 26 nitrogen and oxygen atoms in total. The second-order valence-electron chi connectivity index (χ2n) is 30.2. The highest BCUT2D eigenvalue weighted by molar-refractivity contribution is 7.92. The zero-order valence-electron chi connectivity index (χ0n) is 74.6. The number of alkyl halides is 3. The summed E-state index contributed by atoms with van der Waals surface area (Å²) in [6, 6.07) is 48.0. The number of nitrogens with one attached hydrogen (secondary N) is 4. The number of carbonyl (C=O) groups is 6. The van der Waals surface area contributed by atoms with E-state index in [4.69, 9.17) is 25.8 Å². The molecule has 32 heteroatoms. The normalized spacial score (nSPS) is 12.5. The number of rotatable bonds is 16. The number of phenolic OH excluding ortho intramolecular Hbond substituents is 1. The number of H-pyrrole nitrogens is 1. The van der Waals surface area contributed by atoms with Gasteiger partial charge < -0.3 is 39.8 Å². The van der Waals surface area contributed by atoms with E-state index < -0.39 is 27.8 Å². The fraction of sp³-hybridized carbons (Fsp3) is 0.355. The molecule has 5 N–H and O–H groups in total. The van der Waals surface area contributed by atoms with Gasteiger partial charge in [0.25, 0.3) is 0 Å². The molecule has 5 heterocycles. The van der Waals surface area contributed by atoms with Gasteiger partial charge in [0.05, 0.1) is 85.9 Å². The lowest BCUT2D eigenvalue weighted by atomic mass is 9.78. The Balaban J connectivity index is 0.000000366. The predicted octanol–water partition coefficient (Wildman–Crippen LogP) is 17.6. The fourth-order valence-electron chi connectivity index (χ4n) is 10.1. The number of thiazole rings is 1. The van der Waals surface area contributed by atoms with Crippen LogP contribution in [-0.4, -0.2) is 207 Å². The van der Waals surface area contributed by atoms with Crippen LogP contribution in [0.25, 0.3) is 22.4 Å². The van der Waals surface area contributed by atoms with E-state index in [1.807, 2.05) is 161 Å². The molecule has 125 heavy (non-hydrogen) atoms. The number of ether oxygens (including phenoxy) is 3. The molecule has 3 amide bonds. The number of nitrogens with zero attached hydrogens (tertiary/aromatic N) is 10. The third-order valence-corrected chi connectivity index (χ3v) is 18.4. The maximum atomic E-state index is 12.3. The number of hydrogen-bond donors (Lipinski definition) is 5. The molecule has 10 aromatic rings. The minimum atomic E-state index is -4.40. The Morgan fingerprint density at radius 3 is 1.63 bits per heavy atom. The summed E-state index contributed by atoms with van der Waals surface area (Å²) in [6.07, 6.45) is 8.41. The summed E-state index contributed by atoms with van der Waals surface area (Å²) in [7, 11) is 1.72. The molecule has 0 radical (unpaired) electrons. The van der Waals surface area contributed by atoms with Crippen LogP contribution in [0.1, 0.15) is 153 Å². The van der Waals surface area contributed by atoms with Gasteiger partial charge in [-0.05, 0) is 180 Å². The number of likely N-dealkylation sites (N-methyl/N-ethyl adjacent to an activating group) is 1. The summed E-state index contributed by atoms with van der Waals surface area (Å²) in [4.78, 5) is 96.6. The SMILES string of the molecule is CC(=O)CN=Cc1cc(C(C)(C)C)c(O)c(C(C)(C)C)c1.CC(=O)CN=Cc1ccc(C)cc1.CC(=O)CN=Cc1ccc(Cl)cc1C.CC(=O)N1CCOCC1.CC(=O)c1ccccc1.CN1CCOCC1.CNC(=O)Nc1cccc(C(F)(F)F)c1.COc1ccc(/C=C/c2ccnc(NS(C)(=O)=O)n2)cc1.Cc1nc2ccccc2s1.Cc1ncn[nH]1. The number of Topliss-reactive ketones (excluding diaryl/α,β-unsaturated/α-hetero) is 4. The van der Waals surface area contributed by atoms with Gasteiger partial charge in [-0.25, -0.2) is 33.1 Å². The molecule has 7 aromatic carbocycles. The number of urea groups is 1. The van der Waals surface area contributed by atoms with Crippen molar-refractivity contribution in [3.05, 3.63) is 253 Å². The number of phenols is 1. The first-order chi connectivity index (χ1) is 58.8. The van der Waals surface area contributed by atoms with Gasteiger partial charge in [-0.3, -0.25) is 48.8 Å². The number of aryl methyl sites for hydroxylation is 4. The highest BCUT2D eigenvalue weighted by atomic mass is 35.5. The Morgan fingerprint density at radius 2 is 1.18 bits per heavy atom. The number of benzene rings is 7. The van der Waals surface area contributed by atoms with Gasteiger partial charge in [-0.2, -0.15) is 18.3 Å². The van der Waals surface area contributed by atoms with E-state index in [1.54, 1.807) is 68.0 Å². The number of morpholine rings is 2. The summed E-state index contributed by atoms with van der Waals surface area (Å²) in [5, 5.41) is 23.2. The number of para-hydroxylation sites is 1. The van der Waals surface area contributed by atoms with Crippen LogP contribution in [0.2, 0.25) is 5.02 Å². The molecule has 2 aliphatic rings. The molecule has 0 saturated carbocycles. The van der Waals surface area contributed by atoms with Crippen LogP contribution in [-0.2, 0) is 55.7 Å². The van der Waals surface area contributed by atoms with E-state index >= 15 is 0 Å². The first kappa shape index (κ1) is 107. The van der Waals surface area contributed by atoms with Gasteiger partial charge in [0.1, 0.15) is 23.7 Å². The van der Waals surface area contributed by atoms with E-state index in [0.29, 0.717) is 29.7 Å². The molecule has 0 spiro atoms. The Kier molecular flexibility index (Phi) is 48.2. The number of ketones is 4. The van der Waals surface area contributed by atoms with E-state index in [9.17, 15) is 55.5 Å². The summed E-state index contributed by atoms with van der Waals surface area (Å²) in [5.74, 6) is 2.51. The highest BCUT2D eigenvalue weighted by Gasteiger charge is 2.31. The number of aromatic amines is 1. The molecule has 0 bridgehead atoms. The topological polar surface area (TPSA) is 344 Å². The number of aromatic hydroxyl groups is 1. The van der Waals surface area contributed by atoms with E-state index in [1.165, 1.54) is 62.7 Å². The monoisotopic (exact) mass is 1780 g/mol. The quantitative estimate of drug-likeness (QED) is 0.0443. The summed E-state index contributed by atoms with van der Waals surface area (Å²) >= 11 is 7.54. The lowest BCUT2D eigenvalue weighted by Gasteiger charge is -2.27. The molecular weight excluding hydrogens is 1660 g/mol. The lowest BCUT2D eigenvalue weighted by Crippen LogP contribution is -2.39. The number of anilines is 2. The Labute approximate surface area is 741 Å². The largest absolute Gasteiger partial charge is 0.507 e. The average Bonchev–Trinajstić information content (AvgIpc) is 1.46. The number of hydrogen-bond acceptors (Lipinski definition) is 22. The van der Waals surface area contributed by atoms with Crippen LogP contribution < -0.4 is 20.1 Å². The molecule has 2 aliphatic heterocycles. The molecule has 0 unspecified atom stereocenters. The van der Waals surface area contributed by atoms with Gasteiger partial charge >= 0.3 is 12.2 Å². The Bertz CT molecular complexity index is 5140. The van der Waals surface area contributed by atoms with Gasteiger partial charge in [-0.15, -0.1) is 11.3 Å². The molecule has 2 saturated heterocycles. The van der Waals surface area contributed by atoms with Crippen molar-refractivity contribution in [3.8, 4) is 11.5 Å². The predicted molar refractivity (Wildman–Crippen MR) is 498 cm³/mol. The Hall–Kier alpha value is -11.9. The second kappa shape index (κ2) is 56.1. The van der Waals surface area contributed by atoms with Crippen LogP contribution in [0.15, 0.2) is 191 Å². The molecule has 3 aromatic heterocycles. The van der Waals surface area contributed by atoms with E-state index in [-0.39, 0.29) is 71.1 Å². The lowest BCUT2D eigenvalue weighted by molar-refractivity contribution is -0.137. The van der Waals surface area contributed by atoms with Gasteiger partial charge in [0.15, 0.2) is 23.1 Å². The smallest absolute Gasteiger partial charge is 0.416 e. The van der Waals surface area contributed by atoms with Crippen molar-refractivity contribution in [1.82, 2.24) is 45.2 Å². The maximum Gasteiger partial charge on any atom is 0.416 e. The molecule has 0 aliphatic carbocycles. The number of methoxy groups -OCH3 is 1. The number of aliphatic imine (C=N–C) groups is 3. The van der Waals surface area contributed by atoms with E-state index in [2.05, 4.69) is 120 Å². The molecule has 12 rings (SSSR count). The van der Waals surface area contributed by atoms with Crippen LogP contribution >= 0.6 is 22.9 Å². The zero-order chi connectivity index (χ0) is 93.3. The van der Waals surface area contributed by atoms with Gasteiger partial charge in [0, 0.05) is 92.4 Å². The number of amides is 3. The van der Waals surface area contributed by atoms with Crippen molar-refractivity contribution in [1.29, 1.82) is 0 Å². The number of aromatic nitrogens is 6. The van der Waals surface area contributed by atoms with Crippen molar-refractivity contribution < 1.29 is 69.7 Å². The average molecular weight is 1780 g/mol. The molecule has 0 atom stereocenters. The standard InChI is InChI=1S/C18H27NO2.C14H15N3O3S.C11H12ClNO.C11H13NO.C9H9F3N2O.C8H7NS.C8H8O.C6H11NO2.C5H11NO.C3H5N3/c1-12(20)10-19-11-13-8-14(17(2,3)4)16(21)15(9-13)18(5,6)7;1-20-13-7-4-11(5-8-13)3-6-12-9-10-15-14(16-12)17-21(2,18)19;1-8-5-11(12)4-3-10(8)7-13-6-9(2)14;1-9-3-5-11(6-4-9)8-12-7-10(2)13;1-13-8(15)14-7-4-2-3-6(5-7)9(10,11)12;1-6-9-7-4-2-3-5-8(7)10-6;1-7(9)8-5-3-2-4-6-8;1-6(8)7-2-4-9-5-3-7;1-6-2-4-7-5-3-6;1-3-4-2-5-6-3/h8-9,11,21H,10H2,1-7H3;3-10H,1-2H3,(H,15,16,17);3-5,7H,6H2,1-2H3;3-6,8H,7H2,1-2H3;2-5H,1H3,(H2,13,14,15);2-5H,1H3;2-6H,1H3;2-5H2,1H3;2-5H2,1H3;2H,1H3,(H,4,5,6)/b;6-3+;;;;;;;;. The van der Waals surface area contributed by atoms with Gasteiger partial charge in [0.2, 0.25) is 21.9 Å². The van der Waals surface area contributed by atoms with Crippen molar-refractivity contribution in [3.63, 3.8) is 0 Å². The van der Waals surface area contributed by atoms with Crippen molar-refractivity contribution in [2.24, 2.45) is 15.0 Å². The summed E-state index contributed by atoms with van der Waals surface area (Å²) in [6.45, 7) is 35.7. The fourth-order valence-corrected chi connectivity index (χ4v) is 11.6. The molecule has 672 valence electrons. The van der Waals surface area contributed by atoms with Crippen LogP contribution in [0, 0.1) is 27.7 Å². The summed E-state index contributed by atoms with van der Waals surface area (Å²) in [5.41, 5.74) is 9.50. The van der Waals surface area contributed by atoms with Crippen molar-refractivity contribution in [2.45, 2.75) is 121 Å². The van der Waals surface area contributed by atoms with E-state index in [0.717, 1.165) is 124 Å². The van der Waals surface area contributed by atoms with Crippen LogP contribution in [0.3, 0.4) is 0 Å². The number of halogens is 4. The number of sulfonamides is 1. The number of fused-ring (bicyclic) bond motifs is 1. The zero-order valence-corrected chi connectivity index (χ0v) is 77.0. The highest BCUT2D eigenvalue weighted by Crippen LogP contribution is 2.40. The first-order valence-corrected chi connectivity index (χ1v) is 42.7. The molecule has 2 fully saturated rings. The minimum Gasteiger partial charge on any atom is -0.507 e. The van der Waals surface area contributed by atoms with Crippen molar-refractivity contribution in [2.75, 3.05) is 110 Å². The Morgan fingerprint density at radius 1 is 0.640 bits per heavy atom. The number of carbonyl (C=O) groups excluding carboxylic acids is 6. The third-order valence-electron chi connectivity index (χ3n) is 16.7. The van der Waals surface area contributed by atoms with Gasteiger partial charge in [-0.1, -0.05) is 156 Å². The third kappa shape index (κ3) is 47.5. The van der Waals surface area contributed by atoms with Crippen LogP contribution in [0.5, 0.6) is 11.5 Å². The first-order valence-electron chi connectivity index (χ1n) is 39.6. The second-order valence-corrected chi connectivity index (χ2v) is 33.6. The minimum absolute atomic E-state index is 0.0390. The van der Waals surface area contributed by atoms with Crippen LogP contribution in [0.4, 0.5) is 29.6 Å².